The van der Waals surface area contributed by atoms with Gasteiger partial charge in [0.05, 0.1) is 24.3 Å². The van der Waals surface area contributed by atoms with Gasteiger partial charge in [-0.2, -0.15) is 0 Å². The fourth-order valence-electron chi connectivity index (χ4n) is 5.02. The number of benzene rings is 2. The summed E-state index contributed by atoms with van der Waals surface area (Å²) in [4.78, 5) is 30.4. The van der Waals surface area contributed by atoms with Gasteiger partial charge < -0.3 is 19.7 Å². The molecular formula is C26H30N2O4. The molecule has 4 rings (SSSR count). The van der Waals surface area contributed by atoms with Crippen molar-refractivity contribution in [1.29, 1.82) is 0 Å². The summed E-state index contributed by atoms with van der Waals surface area (Å²) in [5.74, 6) is 0.126. The van der Waals surface area contributed by atoms with Gasteiger partial charge in [-0.05, 0) is 61.1 Å². The summed E-state index contributed by atoms with van der Waals surface area (Å²) >= 11 is 0. The van der Waals surface area contributed by atoms with E-state index < -0.39 is 5.97 Å². The smallest absolute Gasteiger partial charge is 0.335 e. The number of methoxy groups -OCH3 is 1. The molecule has 0 bridgehead atoms. The lowest BCUT2D eigenvalue weighted by Gasteiger charge is -2.40. The number of hydrogen-bond donors (Lipinski definition) is 2. The van der Waals surface area contributed by atoms with Crippen molar-refractivity contribution in [2.75, 3.05) is 13.7 Å². The van der Waals surface area contributed by atoms with Crippen LogP contribution in [-0.4, -0.2) is 40.5 Å². The highest BCUT2D eigenvalue weighted by molar-refractivity contribution is 6.09. The summed E-state index contributed by atoms with van der Waals surface area (Å²) in [7, 11) is 1.60. The van der Waals surface area contributed by atoms with Gasteiger partial charge in [0.2, 0.25) is 0 Å². The fraction of sp³-hybridized carbons (Fsp3) is 0.385. The van der Waals surface area contributed by atoms with E-state index in [1.165, 1.54) is 0 Å². The van der Waals surface area contributed by atoms with E-state index in [9.17, 15) is 14.7 Å². The molecule has 32 heavy (non-hydrogen) atoms. The zero-order chi connectivity index (χ0) is 22.8. The summed E-state index contributed by atoms with van der Waals surface area (Å²) in [6.45, 7) is 4.85. The van der Waals surface area contributed by atoms with E-state index in [0.29, 0.717) is 23.8 Å². The molecule has 0 radical (unpaired) electrons. The Morgan fingerprint density at radius 2 is 1.97 bits per heavy atom. The second-order valence-corrected chi connectivity index (χ2v) is 8.66. The van der Waals surface area contributed by atoms with Crippen LogP contribution in [0.15, 0.2) is 42.6 Å². The van der Waals surface area contributed by atoms with Crippen LogP contribution < -0.4 is 4.74 Å². The molecule has 3 aromatic rings. The Morgan fingerprint density at radius 3 is 2.62 bits per heavy atom. The number of carbonyl (C=O) groups excluding carboxylic acids is 1. The van der Waals surface area contributed by atoms with Crippen LogP contribution in [-0.2, 0) is 0 Å². The number of hydrogen-bond acceptors (Lipinski definition) is 3. The lowest BCUT2D eigenvalue weighted by molar-refractivity contribution is 0.0536. The summed E-state index contributed by atoms with van der Waals surface area (Å²) in [5.41, 5.74) is 3.77. The first-order valence-corrected chi connectivity index (χ1v) is 11.2. The highest BCUT2D eigenvalue weighted by atomic mass is 16.5. The zero-order valence-corrected chi connectivity index (χ0v) is 18.9. The predicted molar refractivity (Wildman–Crippen MR) is 124 cm³/mol. The number of amides is 1. The third kappa shape index (κ3) is 3.97. The van der Waals surface area contributed by atoms with Gasteiger partial charge in [-0.25, -0.2) is 4.79 Å². The van der Waals surface area contributed by atoms with Crippen molar-refractivity contribution >= 4 is 22.8 Å². The number of fused-ring (bicyclic) bond motifs is 1. The van der Waals surface area contributed by atoms with Crippen molar-refractivity contribution in [2.45, 2.75) is 45.6 Å². The fourth-order valence-corrected chi connectivity index (χ4v) is 5.02. The summed E-state index contributed by atoms with van der Waals surface area (Å²) < 4.78 is 5.63. The van der Waals surface area contributed by atoms with Gasteiger partial charge in [0, 0.05) is 23.6 Å². The maximum absolute atomic E-state index is 14.0. The summed E-state index contributed by atoms with van der Waals surface area (Å²) in [5, 5.41) is 10.1. The van der Waals surface area contributed by atoms with E-state index in [4.69, 9.17) is 4.74 Å². The van der Waals surface area contributed by atoms with Crippen LogP contribution in [0.2, 0.25) is 0 Å². The monoisotopic (exact) mass is 434 g/mol. The normalized spacial score (nSPS) is 18.7. The number of carbonyl (C=O) groups is 2. The Hall–Kier alpha value is -3.28. The second-order valence-electron chi connectivity index (χ2n) is 8.66. The first-order valence-electron chi connectivity index (χ1n) is 11.2. The second kappa shape index (κ2) is 9.07. The predicted octanol–water partition coefficient (Wildman–Crippen LogP) is 5.58. The Morgan fingerprint density at radius 1 is 1.22 bits per heavy atom. The molecule has 1 aromatic heterocycles. The van der Waals surface area contributed by atoms with E-state index in [0.717, 1.165) is 47.7 Å². The van der Waals surface area contributed by atoms with Gasteiger partial charge in [-0.1, -0.05) is 31.9 Å². The Bertz CT molecular complexity index is 1130. The van der Waals surface area contributed by atoms with E-state index in [1.807, 2.05) is 42.3 Å². The quantitative estimate of drug-likeness (QED) is 0.531. The van der Waals surface area contributed by atoms with Crippen molar-refractivity contribution in [3.05, 3.63) is 64.8 Å². The van der Waals surface area contributed by atoms with Crippen molar-refractivity contribution in [3.63, 3.8) is 0 Å². The minimum absolute atomic E-state index is 0.0475. The number of aromatic nitrogens is 1. The first-order chi connectivity index (χ1) is 15.4. The number of ether oxygens (including phenoxy) is 1. The Balaban J connectivity index is 1.76. The van der Waals surface area contributed by atoms with Gasteiger partial charge in [0.1, 0.15) is 5.75 Å². The van der Waals surface area contributed by atoms with Crippen LogP contribution in [0, 0.1) is 12.8 Å². The molecule has 2 heterocycles. The van der Waals surface area contributed by atoms with Crippen molar-refractivity contribution in [3.8, 4) is 5.75 Å². The van der Waals surface area contributed by atoms with Crippen LogP contribution in [0.1, 0.15) is 70.5 Å². The van der Waals surface area contributed by atoms with Crippen molar-refractivity contribution in [1.82, 2.24) is 9.88 Å². The summed E-state index contributed by atoms with van der Waals surface area (Å²) in [6.07, 6.45) is 5.92. The number of carboxylic acids is 1. The highest BCUT2D eigenvalue weighted by Crippen LogP contribution is 2.40. The average Bonchev–Trinajstić information content (AvgIpc) is 3.29. The van der Waals surface area contributed by atoms with Crippen LogP contribution in [0.5, 0.6) is 5.75 Å². The van der Waals surface area contributed by atoms with Crippen molar-refractivity contribution in [2.24, 2.45) is 5.92 Å². The molecule has 0 spiro atoms. The SMILES string of the molecule is CCCC1CCN(C(=O)c2c(OC)cc(C)c3[nH]ccc23)[C@H](c2ccc(C(=O)O)cc2)C1. The van der Waals surface area contributed by atoms with Crippen molar-refractivity contribution < 1.29 is 19.4 Å². The van der Waals surface area contributed by atoms with Crippen LogP contribution in [0.25, 0.3) is 10.9 Å². The molecule has 6 heteroatoms. The number of piperidine rings is 1. The van der Waals surface area contributed by atoms with Crippen LogP contribution in [0.4, 0.5) is 0 Å². The standard InChI is InChI=1S/C26H30N2O4/c1-4-5-17-11-13-28(21(15-17)18-6-8-19(9-7-18)26(30)31)25(29)23-20-10-12-27-24(20)16(2)14-22(23)32-3/h6-10,12,14,17,21,27H,4-5,11,13,15H2,1-3H3,(H,30,31)/t17?,21-/m0/s1. The van der Waals surface area contributed by atoms with Gasteiger partial charge in [-0.15, -0.1) is 0 Å². The molecule has 1 unspecified atom stereocenters. The zero-order valence-electron chi connectivity index (χ0n) is 18.9. The number of carboxylic acid groups (broad SMARTS) is 1. The number of rotatable bonds is 6. The average molecular weight is 435 g/mol. The van der Waals surface area contributed by atoms with E-state index in [2.05, 4.69) is 11.9 Å². The molecule has 1 aliphatic rings. The first kappa shape index (κ1) is 21.9. The highest BCUT2D eigenvalue weighted by Gasteiger charge is 2.35. The van der Waals surface area contributed by atoms with Crippen LogP contribution >= 0.6 is 0 Å². The minimum atomic E-state index is -0.948. The molecule has 168 valence electrons. The number of aromatic amines is 1. The topological polar surface area (TPSA) is 82.6 Å². The van der Waals surface area contributed by atoms with Gasteiger partial charge in [-0.3, -0.25) is 4.79 Å². The molecule has 2 aromatic carbocycles. The number of nitrogens with one attached hydrogen (secondary N) is 1. The number of aromatic carboxylic acids is 1. The lowest BCUT2D eigenvalue weighted by Crippen LogP contribution is -2.41. The van der Waals surface area contributed by atoms with E-state index in [1.54, 1.807) is 19.2 Å². The maximum atomic E-state index is 14.0. The largest absolute Gasteiger partial charge is 0.496 e. The molecule has 0 aliphatic carbocycles. The van der Waals surface area contributed by atoms with Gasteiger partial charge in [0.15, 0.2) is 0 Å². The Kier molecular flexibility index (Phi) is 6.21. The molecule has 1 saturated heterocycles. The third-order valence-corrected chi connectivity index (χ3v) is 6.65. The molecule has 1 amide bonds. The number of H-pyrrole nitrogens is 1. The number of aryl methyl sites for hydroxylation is 1. The van der Waals surface area contributed by atoms with Gasteiger partial charge >= 0.3 is 5.97 Å². The Labute approximate surface area is 188 Å². The molecule has 1 aliphatic heterocycles. The summed E-state index contributed by atoms with van der Waals surface area (Å²) in [6, 6.07) is 10.7. The number of nitrogens with zero attached hydrogens (tertiary/aromatic N) is 1. The van der Waals surface area contributed by atoms with Crippen LogP contribution in [0.3, 0.4) is 0 Å². The third-order valence-electron chi connectivity index (χ3n) is 6.65. The molecule has 2 atom stereocenters. The lowest BCUT2D eigenvalue weighted by atomic mass is 9.84. The number of likely N-dealkylation sites (tertiary alicyclic amines) is 1. The van der Waals surface area contributed by atoms with E-state index in [-0.39, 0.29) is 17.5 Å². The molecule has 2 N–H and O–H groups in total. The van der Waals surface area contributed by atoms with E-state index >= 15 is 0 Å². The van der Waals surface area contributed by atoms with Gasteiger partial charge in [0.25, 0.3) is 5.91 Å². The molecular weight excluding hydrogens is 404 g/mol. The molecule has 1 fully saturated rings. The molecule has 0 saturated carbocycles. The molecule has 6 nitrogen and oxygen atoms in total. The minimum Gasteiger partial charge on any atom is -0.496 e. The maximum Gasteiger partial charge on any atom is 0.335 e.